The maximum atomic E-state index is 12.5. The molecule has 23 heavy (non-hydrogen) atoms. The van der Waals surface area contributed by atoms with Crippen molar-refractivity contribution in [1.82, 2.24) is 4.98 Å². The van der Waals surface area contributed by atoms with E-state index in [9.17, 15) is 8.42 Å². The van der Waals surface area contributed by atoms with Gasteiger partial charge in [0.15, 0.2) is 0 Å². The highest BCUT2D eigenvalue weighted by molar-refractivity contribution is 7.87. The maximum Gasteiger partial charge on any atom is 0.339 e. The molecule has 0 unspecified atom stereocenters. The van der Waals surface area contributed by atoms with Gasteiger partial charge in [-0.1, -0.05) is 36.4 Å². The van der Waals surface area contributed by atoms with Crippen molar-refractivity contribution in [3.05, 3.63) is 72.8 Å². The molecule has 0 saturated heterocycles. The number of para-hydroxylation sites is 2. The summed E-state index contributed by atoms with van der Waals surface area (Å²) < 4.78 is 30.1. The zero-order chi connectivity index (χ0) is 15.9. The Morgan fingerprint density at radius 3 is 2.26 bits per heavy atom. The van der Waals surface area contributed by atoms with Gasteiger partial charge in [0.2, 0.25) is 0 Å². The van der Waals surface area contributed by atoms with Gasteiger partial charge in [0.05, 0.1) is 0 Å². The van der Waals surface area contributed by atoms with Crippen molar-refractivity contribution >= 4 is 31.9 Å². The number of benzene rings is 3. The molecule has 0 fully saturated rings. The third kappa shape index (κ3) is 2.45. The summed E-state index contributed by atoms with van der Waals surface area (Å²) in [5.74, 6) is 0.298. The molecule has 114 valence electrons. The van der Waals surface area contributed by atoms with Crippen molar-refractivity contribution in [3.8, 4) is 5.75 Å². The fourth-order valence-electron chi connectivity index (χ4n) is 2.63. The molecule has 0 aliphatic rings. The first kappa shape index (κ1) is 13.8. The highest BCUT2D eigenvalue weighted by Crippen LogP contribution is 2.28. The van der Waals surface area contributed by atoms with E-state index < -0.39 is 10.1 Å². The Bertz CT molecular complexity index is 1100. The molecular formula is C18H13NO3S. The highest BCUT2D eigenvalue weighted by atomic mass is 32.2. The van der Waals surface area contributed by atoms with Gasteiger partial charge in [-0.3, -0.25) is 0 Å². The van der Waals surface area contributed by atoms with Crippen LogP contribution in [0, 0.1) is 0 Å². The molecule has 0 atom stereocenters. The summed E-state index contributed by atoms with van der Waals surface area (Å²) in [4.78, 5) is 3.41. The Kier molecular flexibility index (Phi) is 3.09. The molecule has 0 amide bonds. The molecule has 0 saturated carbocycles. The van der Waals surface area contributed by atoms with E-state index >= 15 is 0 Å². The van der Waals surface area contributed by atoms with Crippen molar-refractivity contribution in [2.75, 3.05) is 0 Å². The van der Waals surface area contributed by atoms with Crippen molar-refractivity contribution in [2.24, 2.45) is 0 Å². The van der Waals surface area contributed by atoms with Crippen molar-refractivity contribution in [2.45, 2.75) is 4.90 Å². The Labute approximate surface area is 133 Å². The van der Waals surface area contributed by atoms with Crippen LogP contribution >= 0.6 is 0 Å². The molecule has 4 nitrogen and oxygen atoms in total. The second-order valence-corrected chi connectivity index (χ2v) is 6.77. The molecular weight excluding hydrogens is 310 g/mol. The molecule has 4 rings (SSSR count). The van der Waals surface area contributed by atoms with Crippen LogP contribution in [0.1, 0.15) is 0 Å². The van der Waals surface area contributed by atoms with Gasteiger partial charge in [0, 0.05) is 21.8 Å². The lowest BCUT2D eigenvalue weighted by molar-refractivity contribution is 0.486. The van der Waals surface area contributed by atoms with Gasteiger partial charge in [0.1, 0.15) is 10.6 Å². The minimum atomic E-state index is -3.87. The standard InChI is InChI=1S/C18H13NO3S/c20-23(21,22-13-6-2-1-3-7-13)14-10-11-18-16(12-14)15-8-4-5-9-17(15)19-18/h1-12,19H. The van der Waals surface area contributed by atoms with E-state index in [-0.39, 0.29) is 4.90 Å². The summed E-state index contributed by atoms with van der Waals surface area (Å²) in [5, 5.41) is 1.84. The van der Waals surface area contributed by atoms with E-state index in [1.807, 2.05) is 24.3 Å². The number of nitrogens with one attached hydrogen (secondary N) is 1. The van der Waals surface area contributed by atoms with Crippen LogP contribution in [0.15, 0.2) is 77.7 Å². The predicted octanol–water partition coefficient (Wildman–Crippen LogP) is 4.09. The molecule has 4 aromatic rings. The minimum absolute atomic E-state index is 0.138. The largest absolute Gasteiger partial charge is 0.379 e. The molecule has 1 aromatic heterocycles. The number of rotatable bonds is 3. The van der Waals surface area contributed by atoms with E-state index in [1.54, 1.807) is 48.5 Å². The molecule has 0 bridgehead atoms. The number of hydrogen-bond donors (Lipinski definition) is 1. The maximum absolute atomic E-state index is 12.5. The van der Waals surface area contributed by atoms with Crippen molar-refractivity contribution in [1.29, 1.82) is 0 Å². The second-order valence-electron chi connectivity index (χ2n) is 5.23. The summed E-state index contributed by atoms with van der Waals surface area (Å²) in [7, 11) is -3.87. The van der Waals surface area contributed by atoms with Gasteiger partial charge in [-0.05, 0) is 36.4 Å². The van der Waals surface area contributed by atoms with Crippen molar-refractivity contribution in [3.63, 3.8) is 0 Å². The average Bonchev–Trinajstić information content (AvgIpc) is 2.93. The van der Waals surface area contributed by atoms with E-state index in [0.717, 1.165) is 21.8 Å². The van der Waals surface area contributed by atoms with Crippen LogP contribution in [0.5, 0.6) is 5.75 Å². The van der Waals surface area contributed by atoms with Crippen LogP contribution in [-0.4, -0.2) is 13.4 Å². The van der Waals surface area contributed by atoms with E-state index in [2.05, 4.69) is 4.98 Å². The first-order valence-corrected chi connectivity index (χ1v) is 8.54. The fraction of sp³-hybridized carbons (Fsp3) is 0. The van der Waals surface area contributed by atoms with E-state index in [0.29, 0.717) is 5.75 Å². The molecule has 1 heterocycles. The predicted molar refractivity (Wildman–Crippen MR) is 90.1 cm³/mol. The van der Waals surface area contributed by atoms with E-state index in [1.165, 1.54) is 0 Å². The Balaban J connectivity index is 1.83. The summed E-state index contributed by atoms with van der Waals surface area (Å²) in [6.07, 6.45) is 0. The zero-order valence-corrected chi connectivity index (χ0v) is 12.9. The molecule has 0 aliphatic heterocycles. The number of fused-ring (bicyclic) bond motifs is 3. The Morgan fingerprint density at radius 2 is 1.43 bits per heavy atom. The number of aromatic amines is 1. The smallest absolute Gasteiger partial charge is 0.339 e. The molecule has 5 heteroatoms. The van der Waals surface area contributed by atoms with Gasteiger partial charge in [0.25, 0.3) is 0 Å². The summed E-state index contributed by atoms with van der Waals surface area (Å²) in [6.45, 7) is 0. The lowest BCUT2D eigenvalue weighted by Gasteiger charge is -2.07. The first-order chi connectivity index (χ1) is 11.1. The van der Waals surface area contributed by atoms with Crippen LogP contribution in [0.3, 0.4) is 0 Å². The molecule has 0 spiro atoms. The monoisotopic (exact) mass is 323 g/mol. The SMILES string of the molecule is O=S(=O)(Oc1ccccc1)c1ccc2[nH]c3ccccc3c2c1. The van der Waals surface area contributed by atoms with Crippen LogP contribution in [0.2, 0.25) is 0 Å². The zero-order valence-electron chi connectivity index (χ0n) is 12.1. The van der Waals surface area contributed by atoms with Gasteiger partial charge in [-0.2, -0.15) is 8.42 Å². The van der Waals surface area contributed by atoms with E-state index in [4.69, 9.17) is 4.18 Å². The van der Waals surface area contributed by atoms with Gasteiger partial charge in [-0.25, -0.2) is 0 Å². The molecule has 0 aliphatic carbocycles. The first-order valence-electron chi connectivity index (χ1n) is 7.13. The minimum Gasteiger partial charge on any atom is -0.379 e. The molecule has 3 aromatic carbocycles. The third-order valence-electron chi connectivity index (χ3n) is 3.72. The molecule has 0 radical (unpaired) electrons. The normalized spacial score (nSPS) is 11.8. The number of H-pyrrole nitrogens is 1. The topological polar surface area (TPSA) is 59.2 Å². The Morgan fingerprint density at radius 1 is 0.739 bits per heavy atom. The quantitative estimate of drug-likeness (QED) is 0.578. The Hall–Kier alpha value is -2.79. The van der Waals surface area contributed by atoms with Crippen molar-refractivity contribution < 1.29 is 12.6 Å². The average molecular weight is 323 g/mol. The van der Waals surface area contributed by atoms with Crippen LogP contribution < -0.4 is 4.18 Å². The molecule has 1 N–H and O–H groups in total. The highest BCUT2D eigenvalue weighted by Gasteiger charge is 2.18. The lowest BCUT2D eigenvalue weighted by atomic mass is 10.1. The van der Waals surface area contributed by atoms with Crippen LogP contribution in [-0.2, 0) is 10.1 Å². The number of aromatic nitrogens is 1. The number of hydrogen-bond acceptors (Lipinski definition) is 3. The summed E-state index contributed by atoms with van der Waals surface area (Å²) in [6, 6.07) is 21.2. The summed E-state index contributed by atoms with van der Waals surface area (Å²) >= 11 is 0. The fourth-order valence-corrected chi connectivity index (χ4v) is 3.59. The second kappa shape index (κ2) is 5.14. The third-order valence-corrected chi connectivity index (χ3v) is 4.96. The summed E-state index contributed by atoms with van der Waals surface area (Å²) in [5.41, 5.74) is 1.87. The lowest BCUT2D eigenvalue weighted by Crippen LogP contribution is -2.09. The van der Waals surface area contributed by atoms with Crippen LogP contribution in [0.25, 0.3) is 21.8 Å². The van der Waals surface area contributed by atoms with Gasteiger partial charge in [-0.15, -0.1) is 0 Å². The van der Waals surface area contributed by atoms with Gasteiger partial charge < -0.3 is 9.17 Å². The van der Waals surface area contributed by atoms with Gasteiger partial charge >= 0.3 is 10.1 Å². The van der Waals surface area contributed by atoms with Crippen LogP contribution in [0.4, 0.5) is 0 Å².